The Bertz CT molecular complexity index is 1100. The molecule has 3 heterocycles. The maximum atomic E-state index is 6.10. The molecular formula is C21H19Cl2N5S. The molecule has 0 aliphatic carbocycles. The van der Waals surface area contributed by atoms with Crippen LogP contribution in [0.25, 0.3) is 10.9 Å². The number of nitrogens with one attached hydrogen (secondary N) is 1. The van der Waals surface area contributed by atoms with E-state index in [4.69, 9.17) is 23.2 Å². The average Bonchev–Trinajstić information content (AvgIpc) is 3.19. The molecule has 0 amide bonds. The van der Waals surface area contributed by atoms with Crippen LogP contribution in [0.4, 0.5) is 11.5 Å². The summed E-state index contributed by atoms with van der Waals surface area (Å²) in [6, 6.07) is 13.9. The lowest BCUT2D eigenvalue weighted by molar-refractivity contribution is 0.793. The highest BCUT2D eigenvalue weighted by Gasteiger charge is 2.12. The quantitative estimate of drug-likeness (QED) is 0.364. The van der Waals surface area contributed by atoms with Crippen molar-refractivity contribution in [3.63, 3.8) is 0 Å². The molecule has 0 aliphatic rings. The van der Waals surface area contributed by atoms with Crippen LogP contribution >= 0.6 is 34.5 Å². The van der Waals surface area contributed by atoms with Crippen molar-refractivity contribution in [2.45, 2.75) is 13.5 Å². The standard InChI is InChI=1S/C21H19Cl2N5S/c1-14-11-20(27-21(23)26-14)28(13-16-3-2-10-29-16)9-8-25-18-6-7-24-19-12-15(22)4-5-17(18)19/h2-7,10-12H,8-9,13H2,1H3,(H,24,25). The number of benzene rings is 1. The predicted molar refractivity (Wildman–Crippen MR) is 122 cm³/mol. The fourth-order valence-corrected chi connectivity index (χ4v) is 4.25. The van der Waals surface area contributed by atoms with Crippen LogP contribution in [0.5, 0.6) is 0 Å². The van der Waals surface area contributed by atoms with Gasteiger partial charge in [-0.05, 0) is 54.2 Å². The van der Waals surface area contributed by atoms with Crippen LogP contribution in [0.2, 0.25) is 10.3 Å². The lowest BCUT2D eigenvalue weighted by Crippen LogP contribution is -2.29. The van der Waals surface area contributed by atoms with Crippen LogP contribution in [-0.4, -0.2) is 28.0 Å². The van der Waals surface area contributed by atoms with Crippen molar-refractivity contribution in [1.29, 1.82) is 0 Å². The van der Waals surface area contributed by atoms with Gasteiger partial charge in [0.2, 0.25) is 5.28 Å². The maximum absolute atomic E-state index is 6.10. The van der Waals surface area contributed by atoms with Crippen LogP contribution in [0.1, 0.15) is 10.6 Å². The topological polar surface area (TPSA) is 53.9 Å². The van der Waals surface area contributed by atoms with E-state index in [9.17, 15) is 0 Å². The van der Waals surface area contributed by atoms with E-state index in [1.807, 2.05) is 37.3 Å². The SMILES string of the molecule is Cc1cc(N(CCNc2ccnc3cc(Cl)ccc23)Cc2cccs2)nc(Cl)n1. The normalized spacial score (nSPS) is 11.0. The van der Waals surface area contributed by atoms with Gasteiger partial charge in [-0.1, -0.05) is 17.7 Å². The molecule has 0 spiro atoms. The first-order valence-electron chi connectivity index (χ1n) is 9.15. The molecule has 3 aromatic heterocycles. The zero-order valence-corrected chi connectivity index (χ0v) is 18.1. The van der Waals surface area contributed by atoms with Gasteiger partial charge in [0.15, 0.2) is 0 Å². The van der Waals surface area contributed by atoms with Crippen LogP contribution in [0.3, 0.4) is 0 Å². The summed E-state index contributed by atoms with van der Waals surface area (Å²) in [5.41, 5.74) is 2.75. The summed E-state index contributed by atoms with van der Waals surface area (Å²) < 4.78 is 0. The number of hydrogen-bond donors (Lipinski definition) is 1. The van der Waals surface area contributed by atoms with Crippen LogP contribution in [0.15, 0.2) is 54.0 Å². The maximum Gasteiger partial charge on any atom is 0.224 e. The second-order valence-electron chi connectivity index (χ2n) is 6.58. The van der Waals surface area contributed by atoms with Crippen molar-refractivity contribution in [2.75, 3.05) is 23.3 Å². The number of rotatable bonds is 7. The summed E-state index contributed by atoms with van der Waals surface area (Å²) in [4.78, 5) is 16.5. The smallest absolute Gasteiger partial charge is 0.224 e. The largest absolute Gasteiger partial charge is 0.383 e. The Morgan fingerprint density at radius 2 is 2.00 bits per heavy atom. The molecule has 4 aromatic rings. The summed E-state index contributed by atoms with van der Waals surface area (Å²) in [7, 11) is 0. The molecule has 1 aromatic carbocycles. The van der Waals surface area contributed by atoms with E-state index in [1.54, 1.807) is 17.5 Å². The number of fused-ring (bicyclic) bond motifs is 1. The molecule has 0 fully saturated rings. The fraction of sp³-hybridized carbons (Fsp3) is 0.190. The first-order valence-corrected chi connectivity index (χ1v) is 10.8. The second-order valence-corrected chi connectivity index (χ2v) is 8.39. The molecule has 0 atom stereocenters. The Balaban J connectivity index is 1.52. The third kappa shape index (κ3) is 4.96. The highest BCUT2D eigenvalue weighted by atomic mass is 35.5. The Labute approximate surface area is 183 Å². The van der Waals surface area contributed by atoms with Gasteiger partial charge in [-0.25, -0.2) is 9.97 Å². The van der Waals surface area contributed by atoms with E-state index < -0.39 is 0 Å². The van der Waals surface area contributed by atoms with Crippen molar-refractivity contribution in [2.24, 2.45) is 0 Å². The predicted octanol–water partition coefficient (Wildman–Crippen LogP) is 5.82. The van der Waals surface area contributed by atoms with Crippen molar-refractivity contribution in [1.82, 2.24) is 15.0 Å². The number of pyridine rings is 1. The molecule has 0 aliphatic heterocycles. The summed E-state index contributed by atoms with van der Waals surface area (Å²) in [6.45, 7) is 4.17. The molecule has 29 heavy (non-hydrogen) atoms. The second kappa shape index (κ2) is 8.95. The molecule has 4 rings (SSSR count). The number of thiophene rings is 1. The van der Waals surface area contributed by atoms with Crippen molar-refractivity contribution >= 4 is 56.9 Å². The van der Waals surface area contributed by atoms with Crippen LogP contribution in [-0.2, 0) is 6.54 Å². The van der Waals surface area contributed by atoms with Gasteiger partial charge in [0.25, 0.3) is 0 Å². The summed E-state index contributed by atoms with van der Waals surface area (Å²) in [6.07, 6.45) is 1.79. The molecule has 0 saturated carbocycles. The molecule has 5 nitrogen and oxygen atoms in total. The first-order chi connectivity index (χ1) is 14.1. The minimum Gasteiger partial charge on any atom is -0.383 e. The zero-order valence-electron chi connectivity index (χ0n) is 15.8. The van der Waals surface area contributed by atoms with E-state index in [-0.39, 0.29) is 5.28 Å². The Hall–Kier alpha value is -2.41. The number of anilines is 2. The number of aryl methyl sites for hydroxylation is 1. The minimum atomic E-state index is 0.265. The van der Waals surface area contributed by atoms with Gasteiger partial charge in [0.1, 0.15) is 5.82 Å². The first kappa shape index (κ1) is 19.9. The molecule has 0 unspecified atom stereocenters. The average molecular weight is 444 g/mol. The van der Waals surface area contributed by atoms with E-state index >= 15 is 0 Å². The fourth-order valence-electron chi connectivity index (χ4n) is 3.14. The van der Waals surface area contributed by atoms with Crippen LogP contribution in [0, 0.1) is 6.92 Å². The third-order valence-corrected chi connectivity index (χ3v) is 5.73. The zero-order chi connectivity index (χ0) is 20.2. The van der Waals surface area contributed by atoms with E-state index in [1.165, 1.54) is 4.88 Å². The summed E-state index contributed by atoms with van der Waals surface area (Å²) in [5.74, 6) is 0.823. The molecule has 0 bridgehead atoms. The Morgan fingerprint density at radius 3 is 2.79 bits per heavy atom. The summed E-state index contributed by atoms with van der Waals surface area (Å²) in [5, 5.41) is 7.59. The van der Waals surface area contributed by atoms with Crippen molar-refractivity contribution in [3.05, 3.63) is 74.9 Å². The molecule has 148 valence electrons. The van der Waals surface area contributed by atoms with Gasteiger partial charge in [-0.2, -0.15) is 0 Å². The molecular weight excluding hydrogens is 425 g/mol. The van der Waals surface area contributed by atoms with E-state index in [2.05, 4.69) is 42.7 Å². The number of aromatic nitrogens is 3. The molecule has 0 saturated heterocycles. The lowest BCUT2D eigenvalue weighted by Gasteiger charge is -2.24. The van der Waals surface area contributed by atoms with Gasteiger partial charge in [-0.15, -0.1) is 11.3 Å². The minimum absolute atomic E-state index is 0.265. The highest BCUT2D eigenvalue weighted by molar-refractivity contribution is 7.09. The molecule has 1 N–H and O–H groups in total. The van der Waals surface area contributed by atoms with Gasteiger partial charge in [0.05, 0.1) is 12.1 Å². The van der Waals surface area contributed by atoms with Crippen molar-refractivity contribution in [3.8, 4) is 0 Å². The summed E-state index contributed by atoms with van der Waals surface area (Å²) >= 11 is 13.9. The monoisotopic (exact) mass is 443 g/mol. The van der Waals surface area contributed by atoms with Gasteiger partial charge in [-0.3, -0.25) is 4.98 Å². The number of nitrogens with zero attached hydrogens (tertiary/aromatic N) is 4. The van der Waals surface area contributed by atoms with Gasteiger partial charge < -0.3 is 10.2 Å². The lowest BCUT2D eigenvalue weighted by atomic mass is 10.2. The van der Waals surface area contributed by atoms with Gasteiger partial charge >= 0.3 is 0 Å². The Kier molecular flexibility index (Phi) is 6.13. The Morgan fingerprint density at radius 1 is 1.10 bits per heavy atom. The number of halogens is 2. The third-order valence-electron chi connectivity index (χ3n) is 4.47. The number of hydrogen-bond acceptors (Lipinski definition) is 6. The van der Waals surface area contributed by atoms with Crippen LogP contribution < -0.4 is 10.2 Å². The van der Waals surface area contributed by atoms with E-state index in [0.717, 1.165) is 47.7 Å². The molecule has 0 radical (unpaired) electrons. The highest BCUT2D eigenvalue weighted by Crippen LogP contribution is 2.25. The van der Waals surface area contributed by atoms with Crippen molar-refractivity contribution < 1.29 is 0 Å². The molecule has 8 heteroatoms. The van der Waals surface area contributed by atoms with E-state index in [0.29, 0.717) is 5.02 Å². The van der Waals surface area contributed by atoms with Gasteiger partial charge in [0, 0.05) is 52.0 Å².